The number of nitrogens with zero attached hydrogens (tertiary/aromatic N) is 2. The molecule has 2 amide bonds. The molecule has 0 saturated heterocycles. The summed E-state index contributed by atoms with van der Waals surface area (Å²) in [7, 11) is -2.77. The SMILES string of the molecule is CC[C@H](C)NC(=O)[C@H](CC)N(Cc1ccc(Cl)cc1)C(=O)CN(c1ccc(OC)c(Cl)c1)S(=O)(=O)c1ccc(C)cc1. The molecule has 0 aliphatic heterocycles. The number of benzene rings is 3. The van der Waals surface area contributed by atoms with Crippen molar-refractivity contribution in [2.45, 2.75) is 64.1 Å². The Kier molecular flexibility index (Phi) is 11.7. The van der Waals surface area contributed by atoms with E-state index >= 15 is 0 Å². The zero-order chi connectivity index (χ0) is 31.0. The van der Waals surface area contributed by atoms with Gasteiger partial charge in [-0.2, -0.15) is 0 Å². The molecular weight excluding hydrogens is 597 g/mol. The number of halogens is 2. The molecule has 226 valence electrons. The minimum atomic E-state index is -4.22. The maximum Gasteiger partial charge on any atom is 0.264 e. The number of methoxy groups -OCH3 is 1. The molecule has 0 saturated carbocycles. The first-order chi connectivity index (χ1) is 19.9. The van der Waals surface area contributed by atoms with Gasteiger partial charge in [0, 0.05) is 17.6 Å². The van der Waals surface area contributed by atoms with E-state index in [-0.39, 0.29) is 34.1 Å². The lowest BCUT2D eigenvalue weighted by Gasteiger charge is -2.33. The van der Waals surface area contributed by atoms with E-state index in [9.17, 15) is 18.0 Å². The number of amides is 2. The van der Waals surface area contributed by atoms with Gasteiger partial charge in [-0.05, 0) is 74.7 Å². The van der Waals surface area contributed by atoms with Crippen molar-refractivity contribution >= 4 is 50.7 Å². The van der Waals surface area contributed by atoms with Crippen LogP contribution in [0.5, 0.6) is 5.75 Å². The van der Waals surface area contributed by atoms with Gasteiger partial charge in [0.2, 0.25) is 11.8 Å². The molecule has 0 spiro atoms. The second-order valence-electron chi connectivity index (χ2n) is 10.0. The number of hydrogen-bond acceptors (Lipinski definition) is 5. The summed E-state index contributed by atoms with van der Waals surface area (Å²) in [6, 6.07) is 16.9. The van der Waals surface area contributed by atoms with Crippen molar-refractivity contribution in [2.24, 2.45) is 0 Å². The molecule has 2 atom stereocenters. The number of carbonyl (C=O) groups excluding carboxylic acids is 2. The molecule has 0 aliphatic carbocycles. The van der Waals surface area contributed by atoms with E-state index in [0.717, 1.165) is 15.4 Å². The highest BCUT2D eigenvalue weighted by molar-refractivity contribution is 7.92. The average Bonchev–Trinajstić information content (AvgIpc) is 2.96. The van der Waals surface area contributed by atoms with E-state index in [1.807, 2.05) is 27.7 Å². The van der Waals surface area contributed by atoms with E-state index in [4.69, 9.17) is 27.9 Å². The Labute approximate surface area is 258 Å². The lowest BCUT2D eigenvalue weighted by molar-refractivity contribution is -0.140. The zero-order valence-electron chi connectivity index (χ0n) is 24.4. The quantitative estimate of drug-likeness (QED) is 0.241. The molecule has 0 fully saturated rings. The zero-order valence-corrected chi connectivity index (χ0v) is 26.8. The molecule has 0 bridgehead atoms. The first-order valence-corrected chi connectivity index (χ1v) is 15.9. The van der Waals surface area contributed by atoms with Gasteiger partial charge >= 0.3 is 0 Å². The number of hydrogen-bond donors (Lipinski definition) is 1. The van der Waals surface area contributed by atoms with Crippen LogP contribution in [0.15, 0.2) is 71.6 Å². The fourth-order valence-corrected chi connectivity index (χ4v) is 6.11. The predicted molar refractivity (Wildman–Crippen MR) is 168 cm³/mol. The molecule has 0 radical (unpaired) electrons. The molecule has 3 aromatic rings. The molecule has 3 aromatic carbocycles. The smallest absolute Gasteiger partial charge is 0.264 e. The largest absolute Gasteiger partial charge is 0.495 e. The van der Waals surface area contributed by atoms with Crippen molar-refractivity contribution in [1.82, 2.24) is 10.2 Å². The van der Waals surface area contributed by atoms with E-state index in [2.05, 4.69) is 5.32 Å². The Balaban J connectivity index is 2.09. The molecule has 0 aliphatic rings. The molecule has 0 heterocycles. The second kappa shape index (κ2) is 14.8. The van der Waals surface area contributed by atoms with Crippen LogP contribution in [0.1, 0.15) is 44.7 Å². The van der Waals surface area contributed by atoms with E-state index in [1.165, 1.54) is 36.3 Å². The number of anilines is 1. The highest BCUT2D eigenvalue weighted by Gasteiger charge is 2.34. The van der Waals surface area contributed by atoms with Gasteiger partial charge in [0.15, 0.2) is 0 Å². The first-order valence-electron chi connectivity index (χ1n) is 13.7. The van der Waals surface area contributed by atoms with E-state index in [0.29, 0.717) is 23.6 Å². The molecule has 42 heavy (non-hydrogen) atoms. The van der Waals surface area contributed by atoms with Crippen molar-refractivity contribution < 1.29 is 22.7 Å². The van der Waals surface area contributed by atoms with Gasteiger partial charge in [-0.25, -0.2) is 8.42 Å². The lowest BCUT2D eigenvalue weighted by atomic mass is 10.1. The van der Waals surface area contributed by atoms with Crippen LogP contribution in [0.3, 0.4) is 0 Å². The van der Waals surface area contributed by atoms with Gasteiger partial charge in [0.1, 0.15) is 18.3 Å². The highest BCUT2D eigenvalue weighted by atomic mass is 35.5. The van der Waals surface area contributed by atoms with Crippen LogP contribution in [0.4, 0.5) is 5.69 Å². The predicted octanol–water partition coefficient (Wildman–Crippen LogP) is 6.23. The normalized spacial score (nSPS) is 12.7. The number of sulfonamides is 1. The van der Waals surface area contributed by atoms with Gasteiger partial charge in [-0.1, -0.05) is 66.9 Å². The first kappa shape index (κ1) is 33.2. The lowest BCUT2D eigenvalue weighted by Crippen LogP contribution is -2.53. The molecule has 11 heteroatoms. The summed E-state index contributed by atoms with van der Waals surface area (Å²) in [5.74, 6) is -0.509. The summed E-state index contributed by atoms with van der Waals surface area (Å²) in [6.07, 6.45) is 1.04. The molecular formula is C31H37Cl2N3O5S. The van der Waals surface area contributed by atoms with Crippen LogP contribution in [0.2, 0.25) is 10.0 Å². The molecule has 3 rings (SSSR count). The third kappa shape index (κ3) is 8.18. The molecule has 0 unspecified atom stereocenters. The Morgan fingerprint density at radius 2 is 1.60 bits per heavy atom. The fourth-order valence-electron chi connectivity index (χ4n) is 4.32. The van der Waals surface area contributed by atoms with Gasteiger partial charge in [-0.15, -0.1) is 0 Å². The summed E-state index contributed by atoms with van der Waals surface area (Å²) in [6.45, 7) is 7.01. The van der Waals surface area contributed by atoms with Crippen LogP contribution < -0.4 is 14.4 Å². The third-order valence-corrected chi connectivity index (χ3v) is 9.30. The standard InChI is InChI=1S/C31H37Cl2N3O5S/c1-6-22(4)34-31(38)28(7-2)35(19-23-10-12-24(32)13-11-23)30(37)20-36(25-14-17-29(41-5)27(33)18-25)42(39,40)26-15-8-21(3)9-16-26/h8-18,22,28H,6-7,19-20H2,1-5H3,(H,34,38)/t22-,28-/m0/s1. The highest BCUT2D eigenvalue weighted by Crippen LogP contribution is 2.32. The summed E-state index contributed by atoms with van der Waals surface area (Å²) in [5, 5.41) is 3.68. The third-order valence-electron chi connectivity index (χ3n) is 6.96. The Bertz CT molecular complexity index is 1480. The van der Waals surface area contributed by atoms with Gasteiger partial charge in [0.25, 0.3) is 10.0 Å². The summed E-state index contributed by atoms with van der Waals surface area (Å²) in [4.78, 5) is 29.0. The summed E-state index contributed by atoms with van der Waals surface area (Å²) in [5.41, 5.74) is 1.80. The van der Waals surface area contributed by atoms with Crippen molar-refractivity contribution in [2.75, 3.05) is 18.0 Å². The fraction of sp³-hybridized carbons (Fsp3) is 0.355. The minimum Gasteiger partial charge on any atom is -0.495 e. The van der Waals surface area contributed by atoms with Gasteiger partial charge < -0.3 is 15.0 Å². The van der Waals surface area contributed by atoms with Crippen molar-refractivity contribution in [3.63, 3.8) is 0 Å². The van der Waals surface area contributed by atoms with Gasteiger partial charge in [0.05, 0.1) is 22.7 Å². The van der Waals surface area contributed by atoms with E-state index in [1.54, 1.807) is 42.5 Å². The summed E-state index contributed by atoms with van der Waals surface area (Å²) < 4.78 is 34.3. The maximum atomic E-state index is 14.2. The van der Waals surface area contributed by atoms with Crippen LogP contribution in [-0.2, 0) is 26.2 Å². The number of carbonyl (C=O) groups is 2. The Morgan fingerprint density at radius 3 is 2.14 bits per heavy atom. The van der Waals surface area contributed by atoms with Crippen molar-refractivity contribution in [1.29, 1.82) is 0 Å². The van der Waals surface area contributed by atoms with Crippen LogP contribution in [0.25, 0.3) is 0 Å². The van der Waals surface area contributed by atoms with Crippen molar-refractivity contribution in [3.8, 4) is 5.75 Å². The van der Waals surface area contributed by atoms with Crippen LogP contribution >= 0.6 is 23.2 Å². The minimum absolute atomic E-state index is 0.0126. The maximum absolute atomic E-state index is 14.2. The van der Waals surface area contributed by atoms with Crippen LogP contribution in [-0.4, -0.2) is 50.9 Å². The van der Waals surface area contributed by atoms with Crippen LogP contribution in [0, 0.1) is 6.92 Å². The second-order valence-corrected chi connectivity index (χ2v) is 12.7. The Hall–Kier alpha value is -3.27. The summed E-state index contributed by atoms with van der Waals surface area (Å²) >= 11 is 12.5. The number of aryl methyl sites for hydroxylation is 1. The molecule has 8 nitrogen and oxygen atoms in total. The average molecular weight is 635 g/mol. The number of rotatable bonds is 13. The topological polar surface area (TPSA) is 96.0 Å². The molecule has 0 aromatic heterocycles. The molecule has 1 N–H and O–H groups in total. The van der Waals surface area contributed by atoms with Crippen molar-refractivity contribution in [3.05, 3.63) is 87.9 Å². The number of ether oxygens (including phenoxy) is 1. The van der Waals surface area contributed by atoms with Gasteiger partial charge in [-0.3, -0.25) is 13.9 Å². The number of nitrogens with one attached hydrogen (secondary N) is 1. The monoisotopic (exact) mass is 633 g/mol. The Morgan fingerprint density at radius 1 is 0.952 bits per heavy atom. The van der Waals surface area contributed by atoms with E-state index < -0.39 is 28.5 Å².